The molecular formula is C15H22IN5O. The summed E-state index contributed by atoms with van der Waals surface area (Å²) in [6, 6.07) is 9.09. The van der Waals surface area contributed by atoms with Crippen LogP contribution in [0.4, 0.5) is 0 Å². The molecule has 22 heavy (non-hydrogen) atoms. The normalized spacial score (nSPS) is 10.9. The Bertz CT molecular complexity index is 611. The molecule has 0 aliphatic carbocycles. The van der Waals surface area contributed by atoms with Crippen LogP contribution in [0, 0.1) is 0 Å². The minimum absolute atomic E-state index is 0. The first kappa shape index (κ1) is 18.3. The van der Waals surface area contributed by atoms with E-state index in [-0.39, 0.29) is 29.7 Å². The third-order valence-corrected chi connectivity index (χ3v) is 3.03. The predicted molar refractivity (Wildman–Crippen MR) is 98.4 cm³/mol. The maximum absolute atomic E-state index is 9.45. The predicted octanol–water partition coefficient (Wildman–Crippen LogP) is 2.00. The fraction of sp³-hybridized carbons (Fsp3) is 0.333. The number of aryl methyl sites for hydroxylation is 1. The summed E-state index contributed by atoms with van der Waals surface area (Å²) < 4.78 is 1.83. The molecule has 0 spiro atoms. The third-order valence-electron chi connectivity index (χ3n) is 3.03. The summed E-state index contributed by atoms with van der Waals surface area (Å²) in [6.07, 6.45) is 1.77. The summed E-state index contributed by atoms with van der Waals surface area (Å²) in [5.41, 5.74) is 2.05. The van der Waals surface area contributed by atoms with E-state index < -0.39 is 0 Å². The van der Waals surface area contributed by atoms with E-state index in [1.54, 1.807) is 18.3 Å². The van der Waals surface area contributed by atoms with Crippen LogP contribution in [0.25, 0.3) is 0 Å². The molecule has 1 heterocycles. The number of rotatable bonds is 5. The Labute approximate surface area is 147 Å². The van der Waals surface area contributed by atoms with Gasteiger partial charge in [0.2, 0.25) is 0 Å². The molecule has 0 unspecified atom stereocenters. The van der Waals surface area contributed by atoms with Gasteiger partial charge in [0.1, 0.15) is 5.75 Å². The highest BCUT2D eigenvalue weighted by atomic mass is 127. The molecule has 0 amide bonds. The van der Waals surface area contributed by atoms with Crippen LogP contribution in [-0.4, -0.2) is 27.4 Å². The van der Waals surface area contributed by atoms with Crippen molar-refractivity contribution in [3.8, 4) is 5.75 Å². The molecule has 0 aliphatic heterocycles. The monoisotopic (exact) mass is 415 g/mol. The largest absolute Gasteiger partial charge is 0.508 e. The Kier molecular flexibility index (Phi) is 7.72. The van der Waals surface area contributed by atoms with Gasteiger partial charge in [0.05, 0.1) is 18.8 Å². The molecule has 3 N–H and O–H groups in total. The highest BCUT2D eigenvalue weighted by molar-refractivity contribution is 14.0. The molecule has 2 rings (SSSR count). The Balaban J connectivity index is 0.00000242. The molecule has 0 atom stereocenters. The number of halogens is 1. The SMILES string of the molecule is CCNC(=NCc1cccc(O)c1)NCc1ccnn1C.I. The van der Waals surface area contributed by atoms with Crippen LogP contribution in [0.15, 0.2) is 41.5 Å². The number of aromatic nitrogens is 2. The Morgan fingerprint density at radius 2 is 2.14 bits per heavy atom. The quantitative estimate of drug-likeness (QED) is 0.397. The van der Waals surface area contributed by atoms with Gasteiger partial charge in [0.25, 0.3) is 0 Å². The Morgan fingerprint density at radius 3 is 2.77 bits per heavy atom. The molecule has 0 fully saturated rings. The second kappa shape index (κ2) is 9.29. The van der Waals surface area contributed by atoms with Crippen LogP contribution in [0.2, 0.25) is 0 Å². The van der Waals surface area contributed by atoms with Crippen molar-refractivity contribution in [1.29, 1.82) is 0 Å². The number of benzene rings is 1. The highest BCUT2D eigenvalue weighted by Crippen LogP contribution is 2.11. The summed E-state index contributed by atoms with van der Waals surface area (Å²) >= 11 is 0. The van der Waals surface area contributed by atoms with Crippen LogP contribution >= 0.6 is 24.0 Å². The number of aliphatic imine (C=N–C) groups is 1. The van der Waals surface area contributed by atoms with Crippen molar-refractivity contribution in [3.63, 3.8) is 0 Å². The molecule has 1 aromatic carbocycles. The lowest BCUT2D eigenvalue weighted by Crippen LogP contribution is -2.37. The molecular weight excluding hydrogens is 393 g/mol. The average Bonchev–Trinajstić information content (AvgIpc) is 2.87. The third kappa shape index (κ3) is 5.55. The van der Waals surface area contributed by atoms with Crippen molar-refractivity contribution in [2.45, 2.75) is 20.0 Å². The van der Waals surface area contributed by atoms with Gasteiger partial charge < -0.3 is 15.7 Å². The van der Waals surface area contributed by atoms with E-state index in [0.717, 1.165) is 23.8 Å². The zero-order valence-electron chi connectivity index (χ0n) is 12.8. The molecule has 0 saturated carbocycles. The number of hydrogen-bond donors (Lipinski definition) is 3. The van der Waals surface area contributed by atoms with Crippen molar-refractivity contribution < 1.29 is 5.11 Å². The van der Waals surface area contributed by atoms with Crippen molar-refractivity contribution >= 4 is 29.9 Å². The second-order valence-corrected chi connectivity index (χ2v) is 4.66. The van der Waals surface area contributed by atoms with Crippen molar-refractivity contribution in [1.82, 2.24) is 20.4 Å². The summed E-state index contributed by atoms with van der Waals surface area (Å²) in [7, 11) is 1.91. The van der Waals surface area contributed by atoms with Gasteiger partial charge in [-0.2, -0.15) is 5.10 Å². The molecule has 0 radical (unpaired) electrons. The summed E-state index contributed by atoms with van der Waals surface area (Å²) in [6.45, 7) is 3.98. The van der Waals surface area contributed by atoms with Gasteiger partial charge in [-0.15, -0.1) is 24.0 Å². The highest BCUT2D eigenvalue weighted by Gasteiger charge is 2.01. The minimum atomic E-state index is 0. The maximum atomic E-state index is 9.45. The standard InChI is InChI=1S/C15H21N5O.HI/c1-3-16-15(18-11-13-7-8-19-20(13)2)17-10-12-5-4-6-14(21)9-12;/h4-9,21H,3,10-11H2,1-2H3,(H2,16,17,18);1H. The molecule has 0 aliphatic rings. The van der Waals surface area contributed by atoms with E-state index in [1.165, 1.54) is 0 Å². The number of nitrogens with zero attached hydrogens (tertiary/aromatic N) is 3. The second-order valence-electron chi connectivity index (χ2n) is 4.66. The van der Waals surface area contributed by atoms with E-state index >= 15 is 0 Å². The van der Waals surface area contributed by atoms with Gasteiger partial charge in [-0.25, -0.2) is 4.99 Å². The Morgan fingerprint density at radius 1 is 1.32 bits per heavy atom. The lowest BCUT2D eigenvalue weighted by atomic mass is 10.2. The fourth-order valence-corrected chi connectivity index (χ4v) is 1.92. The molecule has 7 heteroatoms. The topological polar surface area (TPSA) is 74.5 Å². The van der Waals surface area contributed by atoms with E-state index in [0.29, 0.717) is 13.1 Å². The number of aromatic hydroxyl groups is 1. The molecule has 0 bridgehead atoms. The van der Waals surface area contributed by atoms with E-state index in [4.69, 9.17) is 0 Å². The zero-order valence-corrected chi connectivity index (χ0v) is 15.1. The van der Waals surface area contributed by atoms with Crippen LogP contribution in [0.5, 0.6) is 5.75 Å². The smallest absolute Gasteiger partial charge is 0.191 e. The first-order chi connectivity index (χ1) is 10.2. The number of phenols is 1. The van der Waals surface area contributed by atoms with Crippen LogP contribution < -0.4 is 10.6 Å². The number of phenolic OH excluding ortho intramolecular Hbond substituents is 1. The lowest BCUT2D eigenvalue weighted by molar-refractivity contribution is 0.474. The van der Waals surface area contributed by atoms with Gasteiger partial charge in [-0.3, -0.25) is 4.68 Å². The van der Waals surface area contributed by atoms with Crippen molar-refractivity contribution in [2.75, 3.05) is 6.54 Å². The molecule has 120 valence electrons. The van der Waals surface area contributed by atoms with Gasteiger partial charge >= 0.3 is 0 Å². The number of nitrogens with one attached hydrogen (secondary N) is 2. The lowest BCUT2D eigenvalue weighted by Gasteiger charge is -2.11. The van der Waals surface area contributed by atoms with Crippen molar-refractivity contribution in [2.24, 2.45) is 12.0 Å². The van der Waals surface area contributed by atoms with Crippen LogP contribution in [0.3, 0.4) is 0 Å². The van der Waals surface area contributed by atoms with Crippen molar-refractivity contribution in [3.05, 3.63) is 47.8 Å². The average molecular weight is 415 g/mol. The maximum Gasteiger partial charge on any atom is 0.191 e. The van der Waals surface area contributed by atoms with E-state index in [2.05, 4.69) is 20.7 Å². The van der Waals surface area contributed by atoms with Gasteiger partial charge in [-0.1, -0.05) is 12.1 Å². The molecule has 6 nitrogen and oxygen atoms in total. The number of guanidine groups is 1. The Hall–Kier alpha value is -1.77. The van der Waals surface area contributed by atoms with Crippen LogP contribution in [0.1, 0.15) is 18.2 Å². The summed E-state index contributed by atoms with van der Waals surface area (Å²) in [4.78, 5) is 4.51. The summed E-state index contributed by atoms with van der Waals surface area (Å²) in [5.74, 6) is 0.998. The van der Waals surface area contributed by atoms with Gasteiger partial charge in [0, 0.05) is 19.8 Å². The van der Waals surface area contributed by atoms with E-state index in [1.807, 2.05) is 36.9 Å². The van der Waals surface area contributed by atoms with Gasteiger partial charge in [-0.05, 0) is 30.7 Å². The van der Waals surface area contributed by atoms with E-state index in [9.17, 15) is 5.11 Å². The zero-order chi connectivity index (χ0) is 15.1. The molecule has 0 saturated heterocycles. The van der Waals surface area contributed by atoms with Crippen LogP contribution in [-0.2, 0) is 20.1 Å². The van der Waals surface area contributed by atoms with Gasteiger partial charge in [0.15, 0.2) is 5.96 Å². The minimum Gasteiger partial charge on any atom is -0.508 e. The first-order valence-corrected chi connectivity index (χ1v) is 6.96. The number of hydrogen-bond acceptors (Lipinski definition) is 3. The molecule has 1 aromatic heterocycles. The summed E-state index contributed by atoms with van der Waals surface area (Å²) in [5, 5.41) is 20.0. The first-order valence-electron chi connectivity index (χ1n) is 6.96. The molecule has 2 aromatic rings. The fourth-order valence-electron chi connectivity index (χ4n) is 1.92.